The van der Waals surface area contributed by atoms with Gasteiger partial charge in [0.05, 0.1) is 0 Å². The first kappa shape index (κ1) is 47.8. The molecule has 1 rings (SSSR count). The molecule has 1 fully saturated rings. The lowest BCUT2D eigenvalue weighted by Gasteiger charge is -2.47. The zero-order valence-electron chi connectivity index (χ0n) is 35.4. The van der Waals surface area contributed by atoms with Crippen LogP contribution in [0.25, 0.3) is 0 Å². The van der Waals surface area contributed by atoms with Crippen molar-refractivity contribution in [2.24, 2.45) is 10.8 Å². The number of nitrogens with zero attached hydrogens (tertiary/aromatic N) is 4. The van der Waals surface area contributed by atoms with Crippen molar-refractivity contribution in [1.82, 2.24) is 30.2 Å². The van der Waals surface area contributed by atoms with Gasteiger partial charge in [-0.1, -0.05) is 125 Å². The lowest BCUT2D eigenvalue weighted by molar-refractivity contribution is -0.129. The molecule has 6 amide bonds. The van der Waals surface area contributed by atoms with Crippen molar-refractivity contribution < 1.29 is 19.2 Å². The molecule has 0 bridgehead atoms. The van der Waals surface area contributed by atoms with Crippen LogP contribution in [-0.4, -0.2) is 110 Å². The first-order valence-electron chi connectivity index (χ1n) is 21.1. The number of hydrogen-bond acceptors (Lipinski definition) is 6. The number of unbranched alkanes of at least 4 members (excludes halogenated alkanes) is 14. The highest BCUT2D eigenvalue weighted by atomic mass is 16.2. The third-order valence-corrected chi connectivity index (χ3v) is 10.6. The molecule has 0 saturated heterocycles. The van der Waals surface area contributed by atoms with E-state index in [1.54, 1.807) is 0 Å². The Morgan fingerprint density at radius 2 is 0.962 bits per heavy atom. The van der Waals surface area contributed by atoms with Crippen molar-refractivity contribution in [2.45, 2.75) is 175 Å². The van der Waals surface area contributed by atoms with E-state index in [2.05, 4.69) is 45.3 Å². The molecule has 304 valence electrons. The molecular weight excluding hydrogens is 652 g/mol. The third-order valence-electron chi connectivity index (χ3n) is 10.6. The quantitative estimate of drug-likeness (QED) is 0.0818. The molecule has 10 nitrogen and oxygen atoms in total. The maximum atomic E-state index is 13.7. The van der Waals surface area contributed by atoms with Crippen LogP contribution in [0.4, 0.5) is 9.59 Å². The molecule has 2 unspecified atom stereocenters. The minimum atomic E-state index is -0.334. The van der Waals surface area contributed by atoms with Crippen LogP contribution >= 0.6 is 0 Å². The summed E-state index contributed by atoms with van der Waals surface area (Å²) in [6.45, 7) is 13.4. The average Bonchev–Trinajstić information content (AvgIpc) is 3.05. The zero-order valence-corrected chi connectivity index (χ0v) is 35.4. The van der Waals surface area contributed by atoms with E-state index in [0.29, 0.717) is 52.0 Å². The number of imide groups is 2. The van der Waals surface area contributed by atoms with Crippen LogP contribution < -0.4 is 10.6 Å². The van der Waals surface area contributed by atoms with E-state index in [0.717, 1.165) is 51.4 Å². The number of rotatable bonds is 27. The predicted octanol–water partition coefficient (Wildman–Crippen LogP) is 8.83. The van der Waals surface area contributed by atoms with E-state index < -0.39 is 0 Å². The Labute approximate surface area is 319 Å². The topological polar surface area (TPSA) is 105 Å². The van der Waals surface area contributed by atoms with Crippen molar-refractivity contribution in [1.29, 1.82) is 0 Å². The summed E-state index contributed by atoms with van der Waals surface area (Å²) in [5, 5.41) is 6.36. The minimum absolute atomic E-state index is 0.0810. The highest BCUT2D eigenvalue weighted by Crippen LogP contribution is 2.45. The van der Waals surface area contributed by atoms with E-state index in [9.17, 15) is 19.2 Å². The van der Waals surface area contributed by atoms with Gasteiger partial charge in [-0.05, 0) is 71.1 Å². The number of urea groups is 2. The van der Waals surface area contributed by atoms with E-state index in [4.69, 9.17) is 0 Å². The van der Waals surface area contributed by atoms with Crippen molar-refractivity contribution in [3.8, 4) is 0 Å². The summed E-state index contributed by atoms with van der Waals surface area (Å²) in [4.78, 5) is 60.8. The zero-order chi connectivity index (χ0) is 39.0. The second-order valence-electron chi connectivity index (χ2n) is 17.5. The summed E-state index contributed by atoms with van der Waals surface area (Å²) in [7, 11) is 7.80. The number of hydrogen-bond donors (Lipinski definition) is 2. The van der Waals surface area contributed by atoms with Gasteiger partial charge in [0, 0.05) is 51.6 Å². The Balaban J connectivity index is 2.82. The standard InChI is InChI=1S/C42H82N6O4/c1-10-12-14-16-18-19-21-23-24-26-37(49)47(30-28-45(6)7)39(51)43-35-42(5)33-36(32-41(3,4)34-42)44-40(52)48(31-29-46(8)9)38(50)27-25-22-20-17-15-13-11-2/h36H,10-35H2,1-9H3,(H,43,51)(H,44,52). The Morgan fingerprint density at radius 1 is 0.558 bits per heavy atom. The van der Waals surface area contributed by atoms with Gasteiger partial charge in [0.2, 0.25) is 11.8 Å². The summed E-state index contributed by atoms with van der Waals surface area (Å²) in [5.41, 5.74) is -0.374. The molecule has 2 N–H and O–H groups in total. The first-order valence-corrected chi connectivity index (χ1v) is 21.1. The van der Waals surface area contributed by atoms with Gasteiger partial charge in [-0.3, -0.25) is 19.4 Å². The maximum Gasteiger partial charge on any atom is 0.324 e. The van der Waals surface area contributed by atoms with Crippen LogP contribution in [0, 0.1) is 10.8 Å². The second-order valence-corrected chi connectivity index (χ2v) is 17.5. The maximum absolute atomic E-state index is 13.7. The number of amides is 6. The highest BCUT2D eigenvalue weighted by molar-refractivity contribution is 5.95. The van der Waals surface area contributed by atoms with Crippen LogP contribution in [-0.2, 0) is 9.59 Å². The largest absolute Gasteiger partial charge is 0.337 e. The fourth-order valence-electron chi connectivity index (χ4n) is 7.88. The van der Waals surface area contributed by atoms with Crippen LogP contribution in [0.15, 0.2) is 0 Å². The molecule has 0 aromatic rings. The minimum Gasteiger partial charge on any atom is -0.337 e. The molecule has 10 heteroatoms. The van der Waals surface area contributed by atoms with E-state index in [-0.39, 0.29) is 40.7 Å². The first-order chi connectivity index (χ1) is 24.6. The number of likely N-dealkylation sites (N-methyl/N-ethyl adjacent to an activating group) is 2. The SMILES string of the molecule is CCCCCCCCCCCC(=O)N(CCN(C)C)C(=O)NCC1(C)CC(NC(=O)N(CCN(C)C)C(=O)CCCCCCCCC)CC(C)(C)C1. The molecule has 1 aliphatic rings. The van der Waals surface area contributed by atoms with Crippen LogP contribution in [0.5, 0.6) is 0 Å². The Morgan fingerprint density at radius 3 is 1.38 bits per heavy atom. The number of carbonyl (C=O) groups excluding carboxylic acids is 4. The fraction of sp³-hybridized carbons (Fsp3) is 0.905. The smallest absolute Gasteiger partial charge is 0.324 e. The molecule has 2 atom stereocenters. The van der Waals surface area contributed by atoms with E-state index >= 15 is 0 Å². The van der Waals surface area contributed by atoms with Crippen LogP contribution in [0.1, 0.15) is 169 Å². The third kappa shape index (κ3) is 21.5. The summed E-state index contributed by atoms with van der Waals surface area (Å²) in [5.74, 6) is -0.219. The van der Waals surface area contributed by atoms with Gasteiger partial charge >= 0.3 is 12.1 Å². The van der Waals surface area contributed by atoms with Crippen molar-refractivity contribution in [3.63, 3.8) is 0 Å². The van der Waals surface area contributed by atoms with Crippen molar-refractivity contribution >= 4 is 23.9 Å². The summed E-state index contributed by atoms with van der Waals surface area (Å²) < 4.78 is 0. The molecule has 0 aliphatic heterocycles. The summed E-state index contributed by atoms with van der Waals surface area (Å²) >= 11 is 0. The molecule has 0 aromatic carbocycles. The Hall–Kier alpha value is -2.20. The predicted molar refractivity (Wildman–Crippen MR) is 216 cm³/mol. The van der Waals surface area contributed by atoms with Gasteiger partial charge in [0.1, 0.15) is 0 Å². The van der Waals surface area contributed by atoms with Gasteiger partial charge in [-0.15, -0.1) is 0 Å². The molecular formula is C42H82N6O4. The molecule has 0 radical (unpaired) electrons. The van der Waals surface area contributed by atoms with Crippen molar-refractivity contribution in [3.05, 3.63) is 0 Å². The van der Waals surface area contributed by atoms with Crippen molar-refractivity contribution in [2.75, 3.05) is 60.9 Å². The Kier molecular flexibility index (Phi) is 24.4. The molecule has 52 heavy (non-hydrogen) atoms. The summed E-state index contributed by atoms with van der Waals surface area (Å²) in [6.07, 6.45) is 21.6. The monoisotopic (exact) mass is 735 g/mol. The van der Waals surface area contributed by atoms with Gasteiger partial charge in [-0.25, -0.2) is 9.59 Å². The molecule has 0 spiro atoms. The number of carbonyl (C=O) groups is 4. The molecule has 0 heterocycles. The fourth-order valence-corrected chi connectivity index (χ4v) is 7.88. The normalized spacial score (nSPS) is 18.4. The van der Waals surface area contributed by atoms with Gasteiger partial charge in [-0.2, -0.15) is 0 Å². The van der Waals surface area contributed by atoms with Crippen LogP contribution in [0.2, 0.25) is 0 Å². The molecule has 1 saturated carbocycles. The summed E-state index contributed by atoms with van der Waals surface area (Å²) in [6, 6.07) is -0.788. The van der Waals surface area contributed by atoms with Gasteiger partial charge in [0.25, 0.3) is 0 Å². The molecule has 1 aliphatic carbocycles. The van der Waals surface area contributed by atoms with E-state index in [1.807, 2.05) is 38.0 Å². The van der Waals surface area contributed by atoms with Gasteiger partial charge in [0.15, 0.2) is 0 Å². The molecule has 0 aromatic heterocycles. The van der Waals surface area contributed by atoms with Crippen LogP contribution in [0.3, 0.4) is 0 Å². The second kappa shape index (κ2) is 26.6. The van der Waals surface area contributed by atoms with E-state index in [1.165, 1.54) is 74.0 Å². The highest BCUT2D eigenvalue weighted by Gasteiger charge is 2.42. The average molecular weight is 735 g/mol. The lowest BCUT2D eigenvalue weighted by atomic mass is 9.62. The van der Waals surface area contributed by atoms with Gasteiger partial charge < -0.3 is 20.4 Å². The lowest BCUT2D eigenvalue weighted by Crippen LogP contribution is -2.55. The Bertz CT molecular complexity index is 1020. The number of nitrogens with one attached hydrogen (secondary N) is 2.